The molecule has 2 amide bonds. The number of methoxy groups -OCH3 is 1. The van der Waals surface area contributed by atoms with Crippen LogP contribution in [0.25, 0.3) is 0 Å². The quantitative estimate of drug-likeness (QED) is 0.351. The van der Waals surface area contributed by atoms with Gasteiger partial charge in [-0.3, -0.25) is 19.8 Å². The summed E-state index contributed by atoms with van der Waals surface area (Å²) in [7, 11) is 1.60. The topological polar surface area (TPSA) is 108 Å². The van der Waals surface area contributed by atoms with Gasteiger partial charge in [-0.25, -0.2) is 9.36 Å². The molecule has 0 bridgehead atoms. The number of nitrogens with zero attached hydrogens (tertiary/aromatic N) is 4. The number of aliphatic hydroxyl groups is 1. The van der Waals surface area contributed by atoms with Crippen LogP contribution in [0.15, 0.2) is 51.7 Å². The summed E-state index contributed by atoms with van der Waals surface area (Å²) in [5.41, 5.74) is 2.16. The molecule has 0 aliphatic carbocycles. The highest BCUT2D eigenvalue weighted by Gasteiger charge is 2.31. The monoisotopic (exact) mass is 573 g/mol. The van der Waals surface area contributed by atoms with Crippen LogP contribution >= 0.6 is 34.6 Å². The lowest BCUT2D eigenvalue weighted by Gasteiger charge is -2.33. The number of aryl methyl sites for hydroxylation is 1. The zero-order chi connectivity index (χ0) is 27.2. The molecule has 0 spiro atoms. The van der Waals surface area contributed by atoms with E-state index in [0.29, 0.717) is 41.6 Å². The lowest BCUT2D eigenvalue weighted by molar-refractivity contribution is -0.128. The molecule has 12 heteroatoms. The number of thiazole rings is 1. The van der Waals surface area contributed by atoms with Crippen LogP contribution in [0.5, 0.6) is 5.75 Å². The number of aromatic nitrogens is 2. The minimum atomic E-state index is -0.895. The maximum atomic E-state index is 12.4. The normalized spacial score (nSPS) is 17.1. The predicted octanol–water partition coefficient (Wildman–Crippen LogP) is 4.81. The summed E-state index contributed by atoms with van der Waals surface area (Å²) in [5, 5.41) is 16.5. The molecule has 3 heterocycles. The van der Waals surface area contributed by atoms with Crippen LogP contribution in [0.2, 0.25) is 0 Å². The number of hydrogen-bond donors (Lipinski definition) is 2. The highest BCUT2D eigenvalue weighted by atomic mass is 32.2. The molecule has 202 valence electrons. The van der Waals surface area contributed by atoms with Gasteiger partial charge in [0.25, 0.3) is 5.91 Å². The third-order valence-corrected chi connectivity index (χ3v) is 9.18. The summed E-state index contributed by atoms with van der Waals surface area (Å²) in [6.45, 7) is 9.51. The van der Waals surface area contributed by atoms with E-state index in [9.17, 15) is 14.7 Å². The van der Waals surface area contributed by atoms with Gasteiger partial charge < -0.3 is 14.7 Å². The fourth-order valence-electron chi connectivity index (χ4n) is 4.39. The molecule has 1 aromatic carbocycles. The summed E-state index contributed by atoms with van der Waals surface area (Å²) in [5.74, 6) is 0.288. The van der Waals surface area contributed by atoms with Crippen molar-refractivity contribution in [3.8, 4) is 5.75 Å². The first-order valence-corrected chi connectivity index (χ1v) is 14.7. The van der Waals surface area contributed by atoms with Gasteiger partial charge in [0.05, 0.1) is 29.3 Å². The third kappa shape index (κ3) is 6.44. The van der Waals surface area contributed by atoms with Crippen LogP contribution in [0, 0.1) is 6.92 Å². The van der Waals surface area contributed by atoms with E-state index in [-0.39, 0.29) is 17.9 Å². The van der Waals surface area contributed by atoms with Crippen LogP contribution in [0.3, 0.4) is 0 Å². The average molecular weight is 574 g/mol. The molecule has 0 radical (unpaired) electrons. The van der Waals surface area contributed by atoms with Crippen molar-refractivity contribution in [2.24, 2.45) is 0 Å². The van der Waals surface area contributed by atoms with Crippen molar-refractivity contribution >= 4 is 51.6 Å². The van der Waals surface area contributed by atoms with E-state index in [1.165, 1.54) is 46.9 Å². The van der Waals surface area contributed by atoms with Crippen LogP contribution < -0.4 is 10.1 Å². The molecule has 2 atom stereocenters. The molecule has 1 fully saturated rings. The van der Waals surface area contributed by atoms with E-state index in [1.807, 2.05) is 35.8 Å². The molecule has 1 aliphatic heterocycles. The van der Waals surface area contributed by atoms with Gasteiger partial charge >= 0.3 is 0 Å². The lowest BCUT2D eigenvalue weighted by Crippen LogP contribution is -2.44. The summed E-state index contributed by atoms with van der Waals surface area (Å²) in [4.78, 5) is 33.9. The highest BCUT2D eigenvalue weighted by molar-refractivity contribution is 8.01. The van der Waals surface area contributed by atoms with Crippen LogP contribution in [-0.4, -0.2) is 68.9 Å². The standard InChI is InChI=1S/C26H31N5O4S3/c1-5-18-14-30(8-7-9-31(18)22(32)6-2)25(34)19-11-21(16(3)10-20(19)35-4)37-23-13-27-26(38-23)29-24(33)17-12-28-36-15-17/h6,10-13,15,18,25,34H,2,5,7-9,14H2,1,3-4H3,(H,27,29,33)/t18-,25?/m1/s1. The second-order valence-electron chi connectivity index (χ2n) is 8.83. The molecule has 0 saturated carbocycles. The van der Waals surface area contributed by atoms with Gasteiger partial charge in [0.2, 0.25) is 5.91 Å². The largest absolute Gasteiger partial charge is 0.496 e. The molecule has 3 aromatic rings. The molecule has 9 nitrogen and oxygen atoms in total. The SMILES string of the molecule is C=CC(=O)N1CCCN(C(O)c2cc(Sc3cnc(NC(=O)c4cnsc4)s3)c(C)cc2OC)C[C@H]1CC. The number of carbonyl (C=O) groups excluding carboxylic acids is 2. The number of carbonyl (C=O) groups is 2. The molecule has 2 aromatic heterocycles. The maximum Gasteiger partial charge on any atom is 0.259 e. The fourth-order valence-corrected chi connectivity index (χ4v) is 6.85. The lowest BCUT2D eigenvalue weighted by atomic mass is 10.1. The van der Waals surface area contributed by atoms with E-state index in [2.05, 4.69) is 21.3 Å². The van der Waals surface area contributed by atoms with E-state index in [1.54, 1.807) is 18.7 Å². The van der Waals surface area contributed by atoms with Gasteiger partial charge in [-0.1, -0.05) is 36.6 Å². The van der Waals surface area contributed by atoms with Crippen molar-refractivity contribution in [1.82, 2.24) is 19.2 Å². The Balaban J connectivity index is 1.53. The molecule has 4 rings (SSSR count). The van der Waals surface area contributed by atoms with Crippen LogP contribution in [-0.2, 0) is 4.79 Å². The predicted molar refractivity (Wildman–Crippen MR) is 151 cm³/mol. The van der Waals surface area contributed by atoms with Gasteiger partial charge in [-0.2, -0.15) is 0 Å². The summed E-state index contributed by atoms with van der Waals surface area (Å²) in [6, 6.07) is 3.87. The number of benzene rings is 1. The zero-order valence-corrected chi connectivity index (χ0v) is 24.0. The van der Waals surface area contributed by atoms with Crippen molar-refractivity contribution < 1.29 is 19.4 Å². The fraction of sp³-hybridized carbons (Fsp3) is 0.385. The molecule has 1 unspecified atom stereocenters. The number of hydrogen-bond acceptors (Lipinski definition) is 10. The van der Waals surface area contributed by atoms with Gasteiger partial charge in [-0.15, -0.1) is 0 Å². The smallest absolute Gasteiger partial charge is 0.259 e. The average Bonchev–Trinajstić information content (AvgIpc) is 3.57. The molecule has 2 N–H and O–H groups in total. The molecular formula is C26H31N5O4S3. The van der Waals surface area contributed by atoms with E-state index < -0.39 is 6.23 Å². The van der Waals surface area contributed by atoms with Crippen molar-refractivity contribution in [2.75, 3.05) is 32.1 Å². The number of nitrogens with one attached hydrogen (secondary N) is 1. The van der Waals surface area contributed by atoms with E-state index in [4.69, 9.17) is 4.74 Å². The molecular weight excluding hydrogens is 543 g/mol. The number of ether oxygens (including phenoxy) is 1. The van der Waals surface area contributed by atoms with E-state index in [0.717, 1.165) is 27.5 Å². The number of aliphatic hydroxyl groups excluding tert-OH is 1. The van der Waals surface area contributed by atoms with Gasteiger partial charge in [-0.05, 0) is 55.1 Å². The van der Waals surface area contributed by atoms with Crippen molar-refractivity contribution in [1.29, 1.82) is 0 Å². The van der Waals surface area contributed by atoms with Crippen molar-refractivity contribution in [3.63, 3.8) is 0 Å². The Morgan fingerprint density at radius 3 is 2.87 bits per heavy atom. The Labute approximate surface area is 234 Å². The van der Waals surface area contributed by atoms with Crippen LogP contribution in [0.1, 0.15) is 47.5 Å². The summed E-state index contributed by atoms with van der Waals surface area (Å²) in [6.07, 6.45) is 5.24. The minimum absolute atomic E-state index is 0.0152. The Morgan fingerprint density at radius 2 is 2.18 bits per heavy atom. The first-order valence-electron chi connectivity index (χ1n) is 12.2. The molecule has 1 aliphatic rings. The Bertz CT molecular complexity index is 1280. The molecule has 38 heavy (non-hydrogen) atoms. The number of rotatable bonds is 9. The summed E-state index contributed by atoms with van der Waals surface area (Å²) >= 11 is 4.12. The highest BCUT2D eigenvalue weighted by Crippen LogP contribution is 2.40. The van der Waals surface area contributed by atoms with E-state index >= 15 is 0 Å². The minimum Gasteiger partial charge on any atom is -0.496 e. The third-order valence-electron chi connectivity index (χ3n) is 6.42. The Kier molecular flexibility index (Phi) is 9.55. The van der Waals surface area contributed by atoms with Crippen molar-refractivity contribution in [3.05, 3.63) is 59.3 Å². The number of amides is 2. The summed E-state index contributed by atoms with van der Waals surface area (Å²) < 4.78 is 10.5. The first kappa shape index (κ1) is 28.2. The Hall–Kier alpha value is -2.77. The zero-order valence-electron chi connectivity index (χ0n) is 21.5. The Morgan fingerprint density at radius 1 is 1.37 bits per heavy atom. The maximum absolute atomic E-state index is 12.4. The second-order valence-corrected chi connectivity index (χ2v) is 11.9. The van der Waals surface area contributed by atoms with Crippen molar-refractivity contribution in [2.45, 2.75) is 48.1 Å². The van der Waals surface area contributed by atoms with Gasteiger partial charge in [0.1, 0.15) is 12.0 Å². The van der Waals surface area contributed by atoms with Crippen LogP contribution in [0.4, 0.5) is 5.13 Å². The van der Waals surface area contributed by atoms with Gasteiger partial charge in [0, 0.05) is 41.5 Å². The molecule has 1 saturated heterocycles. The number of anilines is 1. The first-order chi connectivity index (χ1) is 18.3. The second kappa shape index (κ2) is 12.9. The van der Waals surface area contributed by atoms with Gasteiger partial charge in [0.15, 0.2) is 5.13 Å².